The molecule has 1 aliphatic carbocycles. The number of nitrogens with zero attached hydrogens (tertiary/aromatic N) is 2. The van der Waals surface area contributed by atoms with E-state index in [0.29, 0.717) is 16.5 Å². The first-order valence-electron chi connectivity index (χ1n) is 7.65. The number of aromatic nitrogens is 2. The zero-order valence-corrected chi connectivity index (χ0v) is 13.6. The van der Waals surface area contributed by atoms with Gasteiger partial charge in [-0.25, -0.2) is 0 Å². The Morgan fingerprint density at radius 2 is 2.19 bits per heavy atom. The molecule has 0 aromatic carbocycles. The van der Waals surface area contributed by atoms with E-state index in [4.69, 9.17) is 18.0 Å². The number of aryl methyl sites for hydroxylation is 2. The molecule has 1 aromatic rings. The predicted octanol–water partition coefficient (Wildman–Crippen LogP) is 1.95. The standard InChI is InChI=1S/C15H24N4OS/c1-3-12-11(9-19(2)18-12)15(20)17-13(14(16)21)10-7-5-4-6-8-10/h9-10,13H,3-8H2,1-2H3,(H2,16,21)(H,17,20). The summed E-state index contributed by atoms with van der Waals surface area (Å²) in [4.78, 5) is 12.9. The van der Waals surface area contributed by atoms with Crippen molar-refractivity contribution >= 4 is 23.1 Å². The lowest BCUT2D eigenvalue weighted by atomic mass is 9.83. The fourth-order valence-corrected chi connectivity index (χ4v) is 3.34. The van der Waals surface area contributed by atoms with Gasteiger partial charge in [-0.1, -0.05) is 38.4 Å². The highest BCUT2D eigenvalue weighted by Gasteiger charge is 2.28. The fourth-order valence-electron chi connectivity index (χ4n) is 3.09. The van der Waals surface area contributed by atoms with Crippen LogP contribution in [0.25, 0.3) is 0 Å². The lowest BCUT2D eigenvalue weighted by molar-refractivity contribution is 0.0931. The maximum atomic E-state index is 12.5. The van der Waals surface area contributed by atoms with Gasteiger partial charge in [0.2, 0.25) is 0 Å². The summed E-state index contributed by atoms with van der Waals surface area (Å²) in [5, 5.41) is 7.34. The van der Waals surface area contributed by atoms with Crippen LogP contribution >= 0.6 is 12.2 Å². The van der Waals surface area contributed by atoms with Gasteiger partial charge in [0.25, 0.3) is 5.91 Å². The van der Waals surface area contributed by atoms with Gasteiger partial charge in [-0.15, -0.1) is 0 Å². The Hall–Kier alpha value is -1.43. The Morgan fingerprint density at radius 1 is 1.52 bits per heavy atom. The van der Waals surface area contributed by atoms with E-state index in [1.54, 1.807) is 10.9 Å². The van der Waals surface area contributed by atoms with Crippen LogP contribution in [0, 0.1) is 5.92 Å². The summed E-state index contributed by atoms with van der Waals surface area (Å²) in [6, 6.07) is -0.210. The lowest BCUT2D eigenvalue weighted by Crippen LogP contribution is -2.48. The molecule has 1 amide bonds. The van der Waals surface area contributed by atoms with Crippen molar-refractivity contribution in [1.29, 1.82) is 0 Å². The molecule has 1 atom stereocenters. The van der Waals surface area contributed by atoms with E-state index >= 15 is 0 Å². The van der Waals surface area contributed by atoms with Gasteiger partial charge in [0, 0.05) is 13.2 Å². The van der Waals surface area contributed by atoms with Crippen LogP contribution in [0.5, 0.6) is 0 Å². The summed E-state index contributed by atoms with van der Waals surface area (Å²) in [6.45, 7) is 1.99. The number of hydrogen-bond donors (Lipinski definition) is 2. The van der Waals surface area contributed by atoms with Crippen molar-refractivity contribution in [3.05, 3.63) is 17.5 Å². The van der Waals surface area contributed by atoms with Gasteiger partial charge in [0.15, 0.2) is 0 Å². The molecule has 1 aromatic heterocycles. The van der Waals surface area contributed by atoms with Crippen molar-refractivity contribution in [3.8, 4) is 0 Å². The minimum Gasteiger partial charge on any atom is -0.392 e. The number of hydrogen-bond acceptors (Lipinski definition) is 3. The van der Waals surface area contributed by atoms with Gasteiger partial charge in [-0.3, -0.25) is 9.48 Å². The molecule has 0 spiro atoms. The first-order chi connectivity index (χ1) is 10.0. The second-order valence-corrected chi connectivity index (χ2v) is 6.24. The van der Waals surface area contributed by atoms with Gasteiger partial charge in [0.1, 0.15) is 0 Å². The third kappa shape index (κ3) is 3.81. The second-order valence-electron chi connectivity index (χ2n) is 5.77. The summed E-state index contributed by atoms with van der Waals surface area (Å²) in [7, 11) is 1.82. The van der Waals surface area contributed by atoms with Crippen LogP contribution in [-0.2, 0) is 13.5 Å². The molecule has 6 heteroatoms. The molecule has 116 valence electrons. The second kappa shape index (κ2) is 7.02. The number of rotatable bonds is 5. The topological polar surface area (TPSA) is 72.9 Å². The van der Waals surface area contributed by atoms with Crippen molar-refractivity contribution in [2.45, 2.75) is 51.5 Å². The maximum Gasteiger partial charge on any atom is 0.255 e. The van der Waals surface area contributed by atoms with E-state index in [0.717, 1.165) is 25.0 Å². The molecule has 1 fully saturated rings. The highest BCUT2D eigenvalue weighted by Crippen LogP contribution is 2.27. The van der Waals surface area contributed by atoms with Gasteiger partial charge < -0.3 is 11.1 Å². The van der Waals surface area contributed by atoms with Gasteiger partial charge in [0.05, 0.1) is 22.3 Å². The molecular weight excluding hydrogens is 284 g/mol. The van der Waals surface area contributed by atoms with E-state index in [2.05, 4.69) is 10.4 Å². The average Bonchev–Trinajstić information content (AvgIpc) is 2.86. The predicted molar refractivity (Wildman–Crippen MR) is 87.2 cm³/mol. The maximum absolute atomic E-state index is 12.5. The van der Waals surface area contributed by atoms with Crippen molar-refractivity contribution in [1.82, 2.24) is 15.1 Å². The lowest BCUT2D eigenvalue weighted by Gasteiger charge is -2.30. The first kappa shape index (κ1) is 15.9. The summed E-state index contributed by atoms with van der Waals surface area (Å²) >= 11 is 5.17. The summed E-state index contributed by atoms with van der Waals surface area (Å²) in [5.41, 5.74) is 7.29. The third-order valence-electron chi connectivity index (χ3n) is 4.20. The van der Waals surface area contributed by atoms with Crippen molar-refractivity contribution < 1.29 is 4.79 Å². The fraction of sp³-hybridized carbons (Fsp3) is 0.667. The average molecular weight is 308 g/mol. The number of amides is 1. The van der Waals surface area contributed by atoms with E-state index in [1.807, 2.05) is 14.0 Å². The molecular formula is C15H24N4OS. The van der Waals surface area contributed by atoms with Crippen LogP contribution in [0.2, 0.25) is 0 Å². The van der Waals surface area contributed by atoms with E-state index in [-0.39, 0.29) is 11.9 Å². The number of thiocarbonyl (C=S) groups is 1. The molecule has 3 N–H and O–H groups in total. The van der Waals surface area contributed by atoms with Crippen LogP contribution < -0.4 is 11.1 Å². The highest BCUT2D eigenvalue weighted by molar-refractivity contribution is 7.80. The quantitative estimate of drug-likeness (QED) is 0.816. The van der Waals surface area contributed by atoms with E-state index in [9.17, 15) is 4.79 Å². The van der Waals surface area contributed by atoms with Crippen LogP contribution in [0.4, 0.5) is 0 Å². The van der Waals surface area contributed by atoms with Gasteiger partial charge in [-0.05, 0) is 25.2 Å². The largest absolute Gasteiger partial charge is 0.392 e. The molecule has 1 aliphatic rings. The molecule has 1 unspecified atom stereocenters. The number of carbonyl (C=O) groups excluding carboxylic acids is 1. The molecule has 2 rings (SSSR count). The van der Waals surface area contributed by atoms with Gasteiger partial charge >= 0.3 is 0 Å². The summed E-state index contributed by atoms with van der Waals surface area (Å²) < 4.78 is 1.67. The van der Waals surface area contributed by atoms with Gasteiger partial charge in [-0.2, -0.15) is 5.10 Å². The molecule has 0 bridgehead atoms. The molecule has 0 saturated heterocycles. The minimum atomic E-state index is -0.210. The normalized spacial score (nSPS) is 17.4. The Kier molecular flexibility index (Phi) is 5.33. The monoisotopic (exact) mass is 308 g/mol. The molecule has 0 aliphatic heterocycles. The Morgan fingerprint density at radius 3 is 2.76 bits per heavy atom. The van der Waals surface area contributed by atoms with Crippen molar-refractivity contribution in [2.24, 2.45) is 18.7 Å². The number of nitrogens with two attached hydrogens (primary N) is 1. The number of carbonyl (C=O) groups is 1. The molecule has 5 nitrogen and oxygen atoms in total. The molecule has 1 saturated carbocycles. The SMILES string of the molecule is CCc1nn(C)cc1C(=O)NC(C(N)=S)C1CCCCC1. The molecule has 1 heterocycles. The van der Waals surface area contributed by atoms with Crippen molar-refractivity contribution in [3.63, 3.8) is 0 Å². The number of nitrogens with one attached hydrogen (secondary N) is 1. The first-order valence-corrected chi connectivity index (χ1v) is 8.06. The van der Waals surface area contributed by atoms with E-state index in [1.165, 1.54) is 19.3 Å². The zero-order valence-electron chi connectivity index (χ0n) is 12.8. The summed E-state index contributed by atoms with van der Waals surface area (Å²) in [5.74, 6) is 0.241. The Balaban J connectivity index is 2.12. The smallest absolute Gasteiger partial charge is 0.255 e. The summed E-state index contributed by atoms with van der Waals surface area (Å²) in [6.07, 6.45) is 8.28. The van der Waals surface area contributed by atoms with Crippen LogP contribution in [0.3, 0.4) is 0 Å². The highest BCUT2D eigenvalue weighted by atomic mass is 32.1. The molecule has 21 heavy (non-hydrogen) atoms. The zero-order chi connectivity index (χ0) is 15.4. The van der Waals surface area contributed by atoms with Crippen LogP contribution in [-0.4, -0.2) is 26.7 Å². The van der Waals surface area contributed by atoms with Crippen LogP contribution in [0.1, 0.15) is 55.1 Å². The molecule has 0 radical (unpaired) electrons. The Bertz CT molecular complexity index is 520. The van der Waals surface area contributed by atoms with Crippen molar-refractivity contribution in [2.75, 3.05) is 0 Å². The van der Waals surface area contributed by atoms with Crippen LogP contribution in [0.15, 0.2) is 6.20 Å². The van der Waals surface area contributed by atoms with E-state index < -0.39 is 0 Å². The minimum absolute atomic E-state index is 0.122. The Labute approximate surface area is 131 Å². The third-order valence-corrected chi connectivity index (χ3v) is 4.45.